The summed E-state index contributed by atoms with van der Waals surface area (Å²) in [5.41, 5.74) is -1.07. The van der Waals surface area contributed by atoms with E-state index in [1.807, 2.05) is 27.7 Å². The molecule has 218 valence electrons. The third-order valence-electron chi connectivity index (χ3n) is 10.7. The fourth-order valence-corrected chi connectivity index (χ4v) is 8.59. The summed E-state index contributed by atoms with van der Waals surface area (Å²) in [6, 6.07) is 1.77. The molecule has 9 heteroatoms. The first-order valence-corrected chi connectivity index (χ1v) is 14.1. The number of methoxy groups -OCH3 is 1. The first-order chi connectivity index (χ1) is 18.7. The zero-order valence-electron chi connectivity index (χ0n) is 24.3. The summed E-state index contributed by atoms with van der Waals surface area (Å²) in [6.45, 7) is 11.1. The Labute approximate surface area is 234 Å². The summed E-state index contributed by atoms with van der Waals surface area (Å²) in [5, 5.41) is 12.1. The van der Waals surface area contributed by atoms with E-state index in [1.165, 1.54) is 19.4 Å². The molecule has 4 aliphatic rings. The molecule has 0 amide bonds. The van der Waals surface area contributed by atoms with Gasteiger partial charge >= 0.3 is 17.9 Å². The highest BCUT2D eigenvalue weighted by Gasteiger charge is 2.72. The predicted molar refractivity (Wildman–Crippen MR) is 141 cm³/mol. The van der Waals surface area contributed by atoms with Crippen LogP contribution in [0.15, 0.2) is 34.7 Å². The number of aliphatic hydroxyl groups excluding tert-OH is 1. The van der Waals surface area contributed by atoms with Crippen molar-refractivity contribution in [2.24, 2.45) is 45.8 Å². The Balaban J connectivity index is 1.67. The van der Waals surface area contributed by atoms with Crippen LogP contribution in [0.3, 0.4) is 0 Å². The molecule has 3 saturated carbocycles. The number of carbonyl (C=O) groups excluding carboxylic acids is 4. The van der Waals surface area contributed by atoms with Gasteiger partial charge in [-0.3, -0.25) is 14.4 Å². The number of hydrogen-bond acceptors (Lipinski definition) is 9. The topological polar surface area (TPSA) is 129 Å². The maximum absolute atomic E-state index is 14.5. The number of ketones is 1. The van der Waals surface area contributed by atoms with Crippen LogP contribution in [0.2, 0.25) is 0 Å². The Morgan fingerprint density at radius 1 is 1.15 bits per heavy atom. The van der Waals surface area contributed by atoms with Crippen LogP contribution in [0.25, 0.3) is 0 Å². The second kappa shape index (κ2) is 9.57. The zero-order chi connectivity index (χ0) is 29.4. The minimum atomic E-state index is -1.20. The van der Waals surface area contributed by atoms with Crippen LogP contribution in [-0.2, 0) is 33.4 Å². The van der Waals surface area contributed by atoms with Crippen molar-refractivity contribution in [3.05, 3.63) is 35.8 Å². The highest BCUT2D eigenvalue weighted by atomic mass is 16.6. The third-order valence-corrected chi connectivity index (χ3v) is 10.7. The average molecular weight is 557 g/mol. The van der Waals surface area contributed by atoms with E-state index in [0.29, 0.717) is 12.8 Å². The number of rotatable bonds is 5. The fraction of sp³-hybridized carbons (Fsp3) is 0.677. The van der Waals surface area contributed by atoms with Crippen molar-refractivity contribution in [2.75, 3.05) is 7.11 Å². The number of esters is 3. The minimum Gasteiger partial charge on any atom is -0.472 e. The molecule has 1 unspecified atom stereocenters. The average Bonchev–Trinajstić information content (AvgIpc) is 3.43. The SMILES string of the molecule is COC(=O)C[C@H]1C(C)(C)[C@@H](OC(=O)C(C)C)[C@H]2C(=O)[C@]1(C)[C@H]1CC[C@]3(C)C(=CC(=O)O[C@H]3c3ccoc3)C1[C@@H]2O. The van der Waals surface area contributed by atoms with E-state index in [0.717, 1.165) is 11.1 Å². The lowest BCUT2D eigenvalue weighted by Gasteiger charge is -2.66. The molecule has 3 fully saturated rings. The van der Waals surface area contributed by atoms with Gasteiger partial charge in [-0.15, -0.1) is 0 Å². The molecule has 5 rings (SSSR count). The van der Waals surface area contributed by atoms with Crippen LogP contribution in [0.5, 0.6) is 0 Å². The number of cyclic esters (lactones) is 1. The van der Waals surface area contributed by atoms with Crippen molar-refractivity contribution >= 4 is 23.7 Å². The van der Waals surface area contributed by atoms with E-state index < -0.39 is 76.1 Å². The minimum absolute atomic E-state index is 0.0382. The molecule has 1 N–H and O–H groups in total. The van der Waals surface area contributed by atoms with Crippen LogP contribution >= 0.6 is 0 Å². The Morgan fingerprint density at radius 2 is 1.85 bits per heavy atom. The van der Waals surface area contributed by atoms with E-state index in [1.54, 1.807) is 26.2 Å². The van der Waals surface area contributed by atoms with Gasteiger partial charge in [0, 0.05) is 40.2 Å². The van der Waals surface area contributed by atoms with Crippen molar-refractivity contribution < 1.29 is 42.9 Å². The molecular weight excluding hydrogens is 516 g/mol. The van der Waals surface area contributed by atoms with Gasteiger partial charge in [-0.1, -0.05) is 41.5 Å². The van der Waals surface area contributed by atoms with E-state index in [9.17, 15) is 24.3 Å². The first kappa shape index (κ1) is 28.6. The Hall–Kier alpha value is -2.94. The maximum Gasteiger partial charge on any atom is 0.331 e. The van der Waals surface area contributed by atoms with Crippen LogP contribution < -0.4 is 0 Å². The summed E-state index contributed by atoms with van der Waals surface area (Å²) in [5.74, 6) is -4.59. The van der Waals surface area contributed by atoms with Gasteiger partial charge in [-0.05, 0) is 36.3 Å². The number of ether oxygens (including phenoxy) is 3. The molecule has 40 heavy (non-hydrogen) atoms. The summed E-state index contributed by atoms with van der Waals surface area (Å²) in [4.78, 5) is 53.1. The van der Waals surface area contributed by atoms with Gasteiger partial charge in [-0.2, -0.15) is 0 Å². The lowest BCUT2D eigenvalue weighted by atomic mass is 9.38. The molecule has 9 atom stereocenters. The molecule has 3 aliphatic carbocycles. The third kappa shape index (κ3) is 3.90. The molecule has 0 aromatic carbocycles. The van der Waals surface area contributed by atoms with Crippen LogP contribution in [0.4, 0.5) is 0 Å². The van der Waals surface area contributed by atoms with Gasteiger partial charge < -0.3 is 23.7 Å². The standard InChI is InChI=1S/C31H40O9/c1-15(2)28(36)40-27-23-24(34)22-17(31(6,25(23)35)19(29(27,3)4)13-20(32)37-7)8-10-30(5)18(22)12-21(33)39-26(30)16-9-11-38-14-16/h9,11-12,14-15,17,19,22-24,26-27,34H,8,10,13H2,1-7H3/t17-,19-,22?,23+,24-,26-,27-,30+,31+/m0/s1. The lowest BCUT2D eigenvalue weighted by molar-refractivity contribution is -0.230. The molecule has 0 radical (unpaired) electrons. The van der Waals surface area contributed by atoms with Gasteiger partial charge in [0.15, 0.2) is 0 Å². The van der Waals surface area contributed by atoms with Gasteiger partial charge in [0.05, 0.1) is 37.6 Å². The van der Waals surface area contributed by atoms with Crippen molar-refractivity contribution in [1.29, 1.82) is 0 Å². The smallest absolute Gasteiger partial charge is 0.331 e. The number of fused-ring (bicyclic) bond motifs is 6. The molecule has 2 heterocycles. The van der Waals surface area contributed by atoms with Gasteiger partial charge in [-0.25, -0.2) is 4.79 Å². The monoisotopic (exact) mass is 556 g/mol. The molecular formula is C31H40O9. The van der Waals surface area contributed by atoms with E-state index in [4.69, 9.17) is 18.6 Å². The molecule has 2 bridgehead atoms. The number of furan rings is 1. The second-order valence-electron chi connectivity index (χ2n) is 13.4. The summed E-state index contributed by atoms with van der Waals surface area (Å²) in [7, 11) is 1.31. The normalized spacial score (nSPS) is 39.9. The summed E-state index contributed by atoms with van der Waals surface area (Å²) < 4.78 is 22.2. The zero-order valence-corrected chi connectivity index (χ0v) is 24.3. The summed E-state index contributed by atoms with van der Waals surface area (Å²) in [6.07, 6.45) is 2.91. The Morgan fingerprint density at radius 3 is 2.45 bits per heavy atom. The summed E-state index contributed by atoms with van der Waals surface area (Å²) >= 11 is 0. The molecule has 0 saturated heterocycles. The largest absolute Gasteiger partial charge is 0.472 e. The van der Waals surface area contributed by atoms with Gasteiger partial charge in [0.1, 0.15) is 18.0 Å². The highest BCUT2D eigenvalue weighted by molar-refractivity contribution is 5.93. The molecule has 1 aromatic rings. The number of hydrogen-bond donors (Lipinski definition) is 1. The van der Waals surface area contributed by atoms with Crippen LogP contribution in [0, 0.1) is 45.8 Å². The van der Waals surface area contributed by atoms with E-state index >= 15 is 0 Å². The number of Topliss-reactive ketones (excluding diaryl/α,β-unsaturated/α-hetero) is 1. The van der Waals surface area contributed by atoms with Crippen molar-refractivity contribution in [3.63, 3.8) is 0 Å². The Kier molecular flexibility index (Phi) is 6.84. The van der Waals surface area contributed by atoms with E-state index in [2.05, 4.69) is 0 Å². The van der Waals surface area contributed by atoms with Crippen molar-refractivity contribution in [1.82, 2.24) is 0 Å². The van der Waals surface area contributed by atoms with Gasteiger partial charge in [0.25, 0.3) is 0 Å². The molecule has 1 aliphatic heterocycles. The van der Waals surface area contributed by atoms with Crippen molar-refractivity contribution in [2.45, 2.75) is 79.1 Å². The second-order valence-corrected chi connectivity index (χ2v) is 13.4. The first-order valence-electron chi connectivity index (χ1n) is 14.1. The van der Waals surface area contributed by atoms with Gasteiger partial charge in [0.2, 0.25) is 0 Å². The quantitative estimate of drug-likeness (QED) is 0.419. The maximum atomic E-state index is 14.5. The lowest BCUT2D eigenvalue weighted by Crippen LogP contribution is -2.72. The Bertz CT molecular complexity index is 1240. The highest BCUT2D eigenvalue weighted by Crippen LogP contribution is 2.69. The fourth-order valence-electron chi connectivity index (χ4n) is 8.59. The van der Waals surface area contributed by atoms with Crippen LogP contribution in [0.1, 0.15) is 72.5 Å². The number of aliphatic hydroxyl groups is 1. The molecule has 9 nitrogen and oxygen atoms in total. The number of carbonyl (C=O) groups is 4. The predicted octanol–water partition coefficient (Wildman–Crippen LogP) is 4.19. The van der Waals surface area contributed by atoms with E-state index in [-0.39, 0.29) is 18.1 Å². The van der Waals surface area contributed by atoms with Crippen LogP contribution in [-0.4, -0.2) is 48.1 Å². The van der Waals surface area contributed by atoms with Crippen molar-refractivity contribution in [3.8, 4) is 0 Å². The molecule has 0 spiro atoms. The molecule has 1 aromatic heterocycles.